The van der Waals surface area contributed by atoms with Crippen LogP contribution in [0.1, 0.15) is 67.1 Å². The summed E-state index contributed by atoms with van der Waals surface area (Å²) in [5, 5.41) is 3.08. The number of hydrogen-bond acceptors (Lipinski definition) is 3. The van der Waals surface area contributed by atoms with Crippen LogP contribution in [0.4, 0.5) is 0 Å². The van der Waals surface area contributed by atoms with Crippen LogP contribution in [0.3, 0.4) is 0 Å². The molecule has 1 aromatic heterocycles. The maximum absolute atomic E-state index is 12.4. The minimum Gasteiger partial charge on any atom is -0.493 e. The van der Waals surface area contributed by atoms with Gasteiger partial charge in [-0.1, -0.05) is 62.4 Å². The van der Waals surface area contributed by atoms with Gasteiger partial charge in [0.05, 0.1) is 24.1 Å². The Hall–Kier alpha value is -3.60. The maximum Gasteiger partial charge on any atom is 0.224 e. The van der Waals surface area contributed by atoms with Gasteiger partial charge in [0.25, 0.3) is 0 Å². The van der Waals surface area contributed by atoms with E-state index >= 15 is 0 Å². The van der Waals surface area contributed by atoms with Crippen LogP contribution < -0.4 is 10.1 Å². The second kappa shape index (κ2) is 13.3. The van der Waals surface area contributed by atoms with Gasteiger partial charge in [0, 0.05) is 19.5 Å². The van der Waals surface area contributed by atoms with E-state index in [1.165, 1.54) is 16.6 Å². The zero-order valence-corrected chi connectivity index (χ0v) is 23.3. The first-order valence-electron chi connectivity index (χ1n) is 13.9. The topological polar surface area (TPSA) is 56.1 Å². The van der Waals surface area contributed by atoms with Crippen molar-refractivity contribution in [1.82, 2.24) is 14.9 Å². The van der Waals surface area contributed by atoms with Crippen molar-refractivity contribution in [3.8, 4) is 5.75 Å². The second-order valence-electron chi connectivity index (χ2n) is 10.5. The first-order valence-corrected chi connectivity index (χ1v) is 13.9. The van der Waals surface area contributed by atoms with Gasteiger partial charge in [0.15, 0.2) is 0 Å². The summed E-state index contributed by atoms with van der Waals surface area (Å²) in [4.78, 5) is 17.3. The van der Waals surface area contributed by atoms with Crippen LogP contribution in [-0.4, -0.2) is 28.6 Å². The lowest BCUT2D eigenvalue weighted by molar-refractivity contribution is -0.120. The Morgan fingerprint density at radius 1 is 0.974 bits per heavy atom. The number of para-hydroxylation sites is 2. The average Bonchev–Trinajstić information content (AvgIpc) is 3.25. The molecule has 1 N–H and O–H groups in total. The number of carbonyl (C=O) groups excluding carboxylic acids is 1. The van der Waals surface area contributed by atoms with Gasteiger partial charge in [-0.3, -0.25) is 4.79 Å². The smallest absolute Gasteiger partial charge is 0.224 e. The highest BCUT2D eigenvalue weighted by Crippen LogP contribution is 2.27. The van der Waals surface area contributed by atoms with Gasteiger partial charge in [0.1, 0.15) is 11.6 Å². The zero-order valence-electron chi connectivity index (χ0n) is 23.3. The summed E-state index contributed by atoms with van der Waals surface area (Å²) in [5.74, 6) is 2.61. The van der Waals surface area contributed by atoms with Crippen molar-refractivity contribution >= 4 is 16.9 Å². The number of fused-ring (bicyclic) bond motifs is 1. The molecule has 5 nitrogen and oxygen atoms in total. The molecule has 0 aliphatic carbocycles. The number of ether oxygens (including phenoxy) is 1. The fourth-order valence-electron chi connectivity index (χ4n) is 4.88. The SMILES string of the molecule is Cc1ccc(C(C)C)c(OCCCCn2c(CCCNC(=O)Cc3ccccc3C)nc3ccccc32)c1. The number of aryl methyl sites for hydroxylation is 4. The highest BCUT2D eigenvalue weighted by atomic mass is 16.5. The quantitative estimate of drug-likeness (QED) is 0.198. The molecule has 1 amide bonds. The number of carbonyl (C=O) groups is 1. The van der Waals surface area contributed by atoms with E-state index in [0.717, 1.165) is 60.4 Å². The first-order chi connectivity index (χ1) is 18.4. The number of hydrogen-bond donors (Lipinski definition) is 1. The molecule has 38 heavy (non-hydrogen) atoms. The molecule has 0 fully saturated rings. The second-order valence-corrected chi connectivity index (χ2v) is 10.5. The third-order valence-corrected chi connectivity index (χ3v) is 7.07. The van der Waals surface area contributed by atoms with Gasteiger partial charge in [-0.2, -0.15) is 0 Å². The van der Waals surface area contributed by atoms with Crippen molar-refractivity contribution in [2.45, 2.75) is 72.3 Å². The van der Waals surface area contributed by atoms with Gasteiger partial charge >= 0.3 is 0 Å². The monoisotopic (exact) mass is 511 g/mol. The van der Waals surface area contributed by atoms with E-state index in [4.69, 9.17) is 9.72 Å². The third kappa shape index (κ3) is 7.25. The minimum atomic E-state index is 0.0713. The fourth-order valence-corrected chi connectivity index (χ4v) is 4.88. The van der Waals surface area contributed by atoms with Gasteiger partial charge < -0.3 is 14.6 Å². The van der Waals surface area contributed by atoms with E-state index in [9.17, 15) is 4.79 Å². The van der Waals surface area contributed by atoms with E-state index in [1.54, 1.807) is 0 Å². The van der Waals surface area contributed by atoms with Crippen molar-refractivity contribution in [3.05, 3.63) is 94.8 Å². The number of nitrogens with zero attached hydrogens (tertiary/aromatic N) is 2. The van der Waals surface area contributed by atoms with E-state index in [0.29, 0.717) is 25.5 Å². The summed E-state index contributed by atoms with van der Waals surface area (Å²) < 4.78 is 8.55. The van der Waals surface area contributed by atoms with Crippen molar-refractivity contribution in [2.24, 2.45) is 0 Å². The Kier molecular flexibility index (Phi) is 9.58. The number of nitrogens with one attached hydrogen (secondary N) is 1. The molecule has 0 radical (unpaired) electrons. The molecule has 3 aromatic carbocycles. The maximum atomic E-state index is 12.4. The molecule has 4 rings (SSSR count). The van der Waals surface area contributed by atoms with Crippen LogP contribution in [0.25, 0.3) is 11.0 Å². The number of benzene rings is 3. The number of amides is 1. The Morgan fingerprint density at radius 2 is 1.76 bits per heavy atom. The third-order valence-electron chi connectivity index (χ3n) is 7.07. The first kappa shape index (κ1) is 27.4. The zero-order chi connectivity index (χ0) is 26.9. The van der Waals surface area contributed by atoms with Crippen LogP contribution in [0, 0.1) is 13.8 Å². The molecule has 0 atom stereocenters. The predicted octanol–water partition coefficient (Wildman–Crippen LogP) is 6.93. The molecule has 0 saturated carbocycles. The van der Waals surface area contributed by atoms with E-state index in [-0.39, 0.29) is 5.91 Å². The molecule has 4 aromatic rings. The molecule has 0 bridgehead atoms. The Morgan fingerprint density at radius 3 is 2.58 bits per heavy atom. The van der Waals surface area contributed by atoms with Gasteiger partial charge in [-0.15, -0.1) is 0 Å². The van der Waals surface area contributed by atoms with Gasteiger partial charge in [-0.25, -0.2) is 4.98 Å². The van der Waals surface area contributed by atoms with Crippen LogP contribution in [0.15, 0.2) is 66.7 Å². The Bertz CT molecular complexity index is 1360. The molecule has 0 spiro atoms. The molecular formula is C33H41N3O2. The largest absolute Gasteiger partial charge is 0.493 e. The minimum absolute atomic E-state index is 0.0713. The number of rotatable bonds is 13. The highest BCUT2D eigenvalue weighted by Gasteiger charge is 2.12. The molecule has 0 unspecified atom stereocenters. The van der Waals surface area contributed by atoms with E-state index < -0.39 is 0 Å². The standard InChI is InChI=1S/C33H41N3O2/c1-24(2)28-18-17-25(3)22-31(28)38-21-10-9-20-36-30-15-8-7-14-29(30)35-32(36)16-11-19-34-33(37)23-27-13-6-5-12-26(27)4/h5-8,12-15,17-18,22,24H,9-11,16,19-21,23H2,1-4H3,(H,34,37). The lowest BCUT2D eigenvalue weighted by Crippen LogP contribution is -2.26. The van der Waals surface area contributed by atoms with Crippen molar-refractivity contribution < 1.29 is 9.53 Å². The van der Waals surface area contributed by atoms with Crippen LogP contribution in [0.2, 0.25) is 0 Å². The van der Waals surface area contributed by atoms with Gasteiger partial charge in [0.2, 0.25) is 5.91 Å². The van der Waals surface area contributed by atoms with Crippen LogP contribution in [0.5, 0.6) is 5.75 Å². The lowest BCUT2D eigenvalue weighted by Gasteiger charge is -2.15. The molecule has 0 aliphatic rings. The van der Waals surface area contributed by atoms with Crippen molar-refractivity contribution in [1.29, 1.82) is 0 Å². The van der Waals surface area contributed by atoms with Crippen LogP contribution in [-0.2, 0) is 24.2 Å². The van der Waals surface area contributed by atoms with Crippen molar-refractivity contribution in [3.63, 3.8) is 0 Å². The predicted molar refractivity (Wildman–Crippen MR) is 156 cm³/mol. The normalized spacial score (nSPS) is 11.3. The fraction of sp³-hybridized carbons (Fsp3) is 0.394. The average molecular weight is 512 g/mol. The summed E-state index contributed by atoms with van der Waals surface area (Å²) in [7, 11) is 0. The molecule has 0 saturated heterocycles. The molecule has 200 valence electrons. The summed E-state index contributed by atoms with van der Waals surface area (Å²) in [5.41, 5.74) is 6.94. The van der Waals surface area contributed by atoms with Gasteiger partial charge in [-0.05, 0) is 79.5 Å². The van der Waals surface area contributed by atoms with Crippen LogP contribution >= 0.6 is 0 Å². The van der Waals surface area contributed by atoms with E-state index in [1.807, 2.05) is 37.3 Å². The summed E-state index contributed by atoms with van der Waals surface area (Å²) in [6.07, 6.45) is 4.11. The molecule has 1 heterocycles. The molecular weight excluding hydrogens is 470 g/mol. The number of aromatic nitrogens is 2. The Labute approximate surface area is 227 Å². The van der Waals surface area contributed by atoms with Crippen molar-refractivity contribution in [2.75, 3.05) is 13.2 Å². The number of unbranched alkanes of at least 4 members (excludes halogenated alkanes) is 1. The number of imidazole rings is 1. The highest BCUT2D eigenvalue weighted by molar-refractivity contribution is 5.79. The Balaban J connectivity index is 1.28. The van der Waals surface area contributed by atoms with E-state index in [2.05, 4.69) is 67.1 Å². The summed E-state index contributed by atoms with van der Waals surface area (Å²) in [6.45, 7) is 10.8. The summed E-state index contributed by atoms with van der Waals surface area (Å²) in [6, 6.07) is 22.9. The lowest BCUT2D eigenvalue weighted by atomic mass is 10.0. The summed E-state index contributed by atoms with van der Waals surface area (Å²) >= 11 is 0. The molecule has 0 aliphatic heterocycles. The molecule has 5 heteroatoms.